The van der Waals surface area contributed by atoms with Gasteiger partial charge in [-0.05, 0) is 31.0 Å². The SMILES string of the molecule is C=Cc1cccc(/C(=C/C)c2ncncc2/C=C/C)c1. The molecule has 0 unspecified atom stereocenters. The van der Waals surface area contributed by atoms with Crippen molar-refractivity contribution in [3.63, 3.8) is 0 Å². The van der Waals surface area contributed by atoms with Crippen molar-refractivity contribution >= 4 is 17.7 Å². The molecule has 0 radical (unpaired) electrons. The third kappa shape index (κ3) is 2.91. The summed E-state index contributed by atoms with van der Waals surface area (Å²) in [5.74, 6) is 0. The fourth-order valence-electron chi connectivity index (χ4n) is 2.14. The largest absolute Gasteiger partial charge is 0.244 e. The van der Waals surface area contributed by atoms with Crippen molar-refractivity contribution in [3.8, 4) is 0 Å². The van der Waals surface area contributed by atoms with Crippen LogP contribution in [0.4, 0.5) is 0 Å². The van der Waals surface area contributed by atoms with E-state index in [9.17, 15) is 0 Å². The topological polar surface area (TPSA) is 25.8 Å². The van der Waals surface area contributed by atoms with Crippen molar-refractivity contribution in [1.82, 2.24) is 9.97 Å². The lowest BCUT2D eigenvalue weighted by Gasteiger charge is -2.10. The Morgan fingerprint density at radius 3 is 2.80 bits per heavy atom. The molecule has 1 aromatic heterocycles. The molecule has 0 amide bonds. The fraction of sp³-hybridized carbons (Fsp3) is 0.111. The second-order valence-electron chi connectivity index (χ2n) is 4.36. The summed E-state index contributed by atoms with van der Waals surface area (Å²) in [6.45, 7) is 7.84. The van der Waals surface area contributed by atoms with Gasteiger partial charge in [-0.15, -0.1) is 0 Å². The summed E-state index contributed by atoms with van der Waals surface area (Å²) in [6, 6.07) is 8.27. The molecule has 100 valence electrons. The highest BCUT2D eigenvalue weighted by Crippen LogP contribution is 2.25. The van der Waals surface area contributed by atoms with Crippen LogP contribution >= 0.6 is 0 Å². The summed E-state index contributed by atoms with van der Waals surface area (Å²) < 4.78 is 0. The average Bonchev–Trinajstić information content (AvgIpc) is 2.50. The molecule has 20 heavy (non-hydrogen) atoms. The van der Waals surface area contributed by atoms with Gasteiger partial charge in [-0.1, -0.05) is 49.1 Å². The van der Waals surface area contributed by atoms with Crippen molar-refractivity contribution in [2.45, 2.75) is 13.8 Å². The monoisotopic (exact) mass is 262 g/mol. The summed E-state index contributed by atoms with van der Waals surface area (Å²) in [5.41, 5.74) is 5.30. The summed E-state index contributed by atoms with van der Waals surface area (Å²) in [7, 11) is 0. The summed E-state index contributed by atoms with van der Waals surface area (Å²) >= 11 is 0. The highest BCUT2D eigenvalue weighted by atomic mass is 14.8. The highest BCUT2D eigenvalue weighted by Gasteiger charge is 2.09. The van der Waals surface area contributed by atoms with E-state index >= 15 is 0 Å². The molecule has 0 aliphatic heterocycles. The van der Waals surface area contributed by atoms with Crippen LogP contribution in [0.1, 0.15) is 36.2 Å². The molecule has 0 fully saturated rings. The first-order valence-electron chi connectivity index (χ1n) is 6.62. The van der Waals surface area contributed by atoms with Gasteiger partial charge in [0.1, 0.15) is 6.33 Å². The third-order valence-electron chi connectivity index (χ3n) is 3.06. The maximum Gasteiger partial charge on any atom is 0.116 e. The van der Waals surface area contributed by atoms with Crippen LogP contribution in [0, 0.1) is 0 Å². The van der Waals surface area contributed by atoms with Crippen LogP contribution in [-0.2, 0) is 0 Å². The Morgan fingerprint density at radius 2 is 2.10 bits per heavy atom. The lowest BCUT2D eigenvalue weighted by atomic mass is 9.97. The average molecular weight is 262 g/mol. The van der Waals surface area contributed by atoms with Gasteiger partial charge in [0.25, 0.3) is 0 Å². The summed E-state index contributed by atoms with van der Waals surface area (Å²) in [5, 5.41) is 0. The molecule has 0 saturated carbocycles. The van der Waals surface area contributed by atoms with Crippen LogP contribution in [0.5, 0.6) is 0 Å². The molecule has 2 nitrogen and oxygen atoms in total. The third-order valence-corrected chi connectivity index (χ3v) is 3.06. The van der Waals surface area contributed by atoms with E-state index in [-0.39, 0.29) is 0 Å². The van der Waals surface area contributed by atoms with E-state index in [0.29, 0.717) is 0 Å². The molecule has 2 aromatic rings. The number of nitrogens with zero attached hydrogens (tertiary/aromatic N) is 2. The molecule has 0 saturated heterocycles. The minimum absolute atomic E-state index is 0.946. The van der Waals surface area contributed by atoms with Gasteiger partial charge < -0.3 is 0 Å². The van der Waals surface area contributed by atoms with E-state index in [4.69, 9.17) is 0 Å². The second-order valence-corrected chi connectivity index (χ2v) is 4.36. The van der Waals surface area contributed by atoms with Gasteiger partial charge in [0.05, 0.1) is 5.69 Å². The van der Waals surface area contributed by atoms with E-state index in [1.807, 2.05) is 50.4 Å². The molecule has 0 atom stereocenters. The predicted molar refractivity (Wildman–Crippen MR) is 86.0 cm³/mol. The zero-order valence-electron chi connectivity index (χ0n) is 11.9. The van der Waals surface area contributed by atoms with E-state index in [2.05, 4.69) is 34.8 Å². The molecule has 2 rings (SSSR count). The van der Waals surface area contributed by atoms with Gasteiger partial charge in [0.15, 0.2) is 0 Å². The maximum absolute atomic E-state index is 4.44. The van der Waals surface area contributed by atoms with Crippen LogP contribution < -0.4 is 0 Å². The van der Waals surface area contributed by atoms with Crippen molar-refractivity contribution in [2.75, 3.05) is 0 Å². The van der Waals surface area contributed by atoms with Gasteiger partial charge in [-0.25, -0.2) is 9.97 Å². The molecule has 0 N–H and O–H groups in total. The van der Waals surface area contributed by atoms with E-state index in [1.54, 1.807) is 6.33 Å². The van der Waals surface area contributed by atoms with E-state index < -0.39 is 0 Å². The zero-order valence-corrected chi connectivity index (χ0v) is 11.9. The van der Waals surface area contributed by atoms with Gasteiger partial charge in [0.2, 0.25) is 0 Å². The predicted octanol–water partition coefficient (Wildman–Crippen LogP) is 4.60. The maximum atomic E-state index is 4.44. The van der Waals surface area contributed by atoms with Gasteiger partial charge in [-0.2, -0.15) is 0 Å². The number of aromatic nitrogens is 2. The molecule has 0 aliphatic carbocycles. The lowest BCUT2D eigenvalue weighted by molar-refractivity contribution is 1.13. The zero-order chi connectivity index (χ0) is 14.4. The first-order chi connectivity index (χ1) is 9.80. The molecule has 1 aromatic carbocycles. The van der Waals surface area contributed by atoms with Gasteiger partial charge in [-0.3, -0.25) is 0 Å². The minimum atomic E-state index is 0.946. The van der Waals surface area contributed by atoms with Crippen molar-refractivity contribution in [1.29, 1.82) is 0 Å². The Bertz CT molecular complexity index is 667. The number of allylic oxidation sites excluding steroid dienone is 2. The number of hydrogen-bond donors (Lipinski definition) is 0. The lowest BCUT2D eigenvalue weighted by Crippen LogP contribution is -1.96. The molecular formula is C18H18N2. The summed E-state index contributed by atoms with van der Waals surface area (Å²) in [4.78, 5) is 8.55. The van der Waals surface area contributed by atoms with Crippen molar-refractivity contribution in [3.05, 3.63) is 77.9 Å². The second kappa shape index (κ2) is 6.62. The molecule has 0 bridgehead atoms. The van der Waals surface area contributed by atoms with E-state index in [0.717, 1.165) is 28.0 Å². The number of hydrogen-bond acceptors (Lipinski definition) is 2. The van der Waals surface area contributed by atoms with Crippen LogP contribution in [0.15, 0.2) is 55.5 Å². The molecule has 1 heterocycles. The molecular weight excluding hydrogens is 244 g/mol. The van der Waals surface area contributed by atoms with Crippen LogP contribution in [0.2, 0.25) is 0 Å². The quantitative estimate of drug-likeness (QED) is 0.804. The normalized spacial score (nSPS) is 11.8. The minimum Gasteiger partial charge on any atom is -0.244 e. The standard InChI is InChI=1S/C18H18N2/c1-4-8-16-12-19-13-20-18(16)17(6-3)15-10-7-9-14(5-2)11-15/h4-13H,2H2,1,3H3/b8-4+,17-6-. The van der Waals surface area contributed by atoms with E-state index in [1.165, 1.54) is 0 Å². The first-order valence-corrected chi connectivity index (χ1v) is 6.62. The summed E-state index contributed by atoms with van der Waals surface area (Å²) in [6.07, 6.45) is 11.4. The van der Waals surface area contributed by atoms with Gasteiger partial charge >= 0.3 is 0 Å². The van der Waals surface area contributed by atoms with Gasteiger partial charge in [0, 0.05) is 17.3 Å². The Kier molecular flexibility index (Phi) is 4.61. The van der Waals surface area contributed by atoms with Crippen molar-refractivity contribution < 1.29 is 0 Å². The smallest absolute Gasteiger partial charge is 0.116 e. The van der Waals surface area contributed by atoms with Crippen LogP contribution in [0.25, 0.3) is 17.7 Å². The number of benzene rings is 1. The Hall–Kier alpha value is -2.48. The Morgan fingerprint density at radius 1 is 1.25 bits per heavy atom. The Balaban J connectivity index is 2.56. The Labute approximate surface area is 120 Å². The molecule has 0 aliphatic rings. The molecule has 2 heteroatoms. The van der Waals surface area contributed by atoms with Crippen molar-refractivity contribution in [2.24, 2.45) is 0 Å². The first kappa shape index (κ1) is 13.9. The van der Waals surface area contributed by atoms with Crippen LogP contribution in [0.3, 0.4) is 0 Å². The fourth-order valence-corrected chi connectivity index (χ4v) is 2.14. The molecule has 0 spiro atoms. The van der Waals surface area contributed by atoms with Crippen LogP contribution in [-0.4, -0.2) is 9.97 Å². The number of rotatable bonds is 4. The highest BCUT2D eigenvalue weighted by molar-refractivity contribution is 5.82.